The summed E-state index contributed by atoms with van der Waals surface area (Å²) in [5.74, 6) is 0. The second-order valence-corrected chi connectivity index (χ2v) is 2.34. The molecule has 0 radical (unpaired) electrons. The third kappa shape index (κ3) is 1.88. The van der Waals surface area contributed by atoms with Crippen molar-refractivity contribution in [1.29, 1.82) is 0 Å². The minimum Gasteiger partial charge on any atom is -0.575 e. The fourth-order valence-corrected chi connectivity index (χ4v) is 0.995. The van der Waals surface area contributed by atoms with Gasteiger partial charge in [-0.1, -0.05) is 0 Å². The Balaban J connectivity index is 0.000000845. The van der Waals surface area contributed by atoms with Gasteiger partial charge in [0.1, 0.15) is 0 Å². The van der Waals surface area contributed by atoms with E-state index in [2.05, 4.69) is 10.2 Å². The van der Waals surface area contributed by atoms with E-state index in [4.69, 9.17) is 0 Å². The molecule has 1 aromatic carbocycles. The number of hydrogen-bond donors (Lipinski definition) is 0. The molecule has 1 heterocycles. The molecule has 0 aliphatic heterocycles. The van der Waals surface area contributed by atoms with Gasteiger partial charge >= 0.3 is 29.6 Å². The van der Waals surface area contributed by atoms with E-state index >= 15 is 0 Å². The van der Waals surface area contributed by atoms with Gasteiger partial charge in [-0.25, -0.2) is 0 Å². The first-order valence-corrected chi connectivity index (χ1v) is 3.30. The molecule has 0 bridgehead atoms. The Morgan fingerprint density at radius 2 is 2.23 bits per heavy atom. The van der Waals surface area contributed by atoms with Gasteiger partial charge in [-0.15, -0.1) is 5.52 Å². The molecule has 6 heteroatoms. The first kappa shape index (κ1) is 10.2. The van der Waals surface area contributed by atoms with Crippen LogP contribution in [0, 0.1) is 10.1 Å². The van der Waals surface area contributed by atoms with E-state index in [1.165, 1.54) is 12.1 Å². The molecule has 0 N–H and O–H groups in total. The van der Waals surface area contributed by atoms with E-state index in [0.29, 0.717) is 5.52 Å². The average molecular weight is 185 g/mol. The predicted molar refractivity (Wildman–Crippen MR) is 41.7 cm³/mol. The van der Waals surface area contributed by atoms with Crippen LogP contribution >= 0.6 is 0 Å². The molecule has 1 aromatic heterocycles. The van der Waals surface area contributed by atoms with Crippen molar-refractivity contribution >= 4 is 16.6 Å². The third-order valence-corrected chi connectivity index (χ3v) is 1.59. The Morgan fingerprint density at radius 3 is 2.92 bits per heavy atom. The molecule has 2 aromatic rings. The molecule has 0 saturated carbocycles. The molecule has 0 saturated heterocycles. The second-order valence-electron chi connectivity index (χ2n) is 2.34. The van der Waals surface area contributed by atoms with Crippen LogP contribution in [0.15, 0.2) is 24.4 Å². The predicted octanol–water partition coefficient (Wildman–Crippen LogP) is -1.90. The van der Waals surface area contributed by atoms with Crippen LogP contribution in [-0.4, -0.2) is 10.0 Å². The summed E-state index contributed by atoms with van der Waals surface area (Å²) in [6.45, 7) is 0. The molecule has 0 aliphatic carbocycles. The van der Waals surface area contributed by atoms with Crippen LogP contribution in [0.25, 0.3) is 10.9 Å². The van der Waals surface area contributed by atoms with Crippen molar-refractivity contribution in [3.05, 3.63) is 34.5 Å². The number of non-ortho nitro benzene ring substituents is 1. The number of nitrogens with zero attached hydrogens (tertiary/aromatic N) is 3. The zero-order chi connectivity index (χ0) is 8.55. The first-order chi connectivity index (χ1) is 5.77. The summed E-state index contributed by atoms with van der Waals surface area (Å²) < 4.78 is 0. The van der Waals surface area contributed by atoms with E-state index in [0.717, 1.165) is 5.39 Å². The zero-order valence-corrected chi connectivity index (χ0v) is 8.97. The Kier molecular flexibility index (Phi) is 3.02. The first-order valence-electron chi connectivity index (χ1n) is 3.30. The van der Waals surface area contributed by atoms with Crippen LogP contribution in [0.2, 0.25) is 0 Å². The van der Waals surface area contributed by atoms with Gasteiger partial charge in [0, 0.05) is 18.3 Å². The van der Waals surface area contributed by atoms with Crippen molar-refractivity contribution in [2.24, 2.45) is 0 Å². The largest absolute Gasteiger partial charge is 1.00 e. The molecule has 0 unspecified atom stereocenters. The second kappa shape index (κ2) is 3.87. The Bertz CT molecular complexity index is 440. The molecule has 0 atom stereocenters. The summed E-state index contributed by atoms with van der Waals surface area (Å²) in [6, 6.07) is 4.47. The van der Waals surface area contributed by atoms with E-state index in [-0.39, 0.29) is 35.2 Å². The standard InChI is InChI=1S/C7H4N3O2.Na/c11-10(12)6-2-1-5-4-8-9-7(5)3-6;/h1-4H;/q-1;+1. The summed E-state index contributed by atoms with van der Waals surface area (Å²) in [4.78, 5) is 9.87. The number of hydrogen-bond acceptors (Lipinski definition) is 3. The van der Waals surface area contributed by atoms with Crippen LogP contribution in [0.4, 0.5) is 5.69 Å². The minimum atomic E-state index is -0.450. The van der Waals surface area contributed by atoms with Crippen LogP contribution in [0.1, 0.15) is 0 Å². The monoisotopic (exact) mass is 185 g/mol. The zero-order valence-electron chi connectivity index (χ0n) is 6.97. The van der Waals surface area contributed by atoms with Gasteiger partial charge in [0.25, 0.3) is 5.69 Å². The van der Waals surface area contributed by atoms with Crippen molar-refractivity contribution in [1.82, 2.24) is 10.2 Å². The molecule has 0 spiro atoms. The SMILES string of the molecule is O=[N+]([O-])c1ccc2cn[n-]c2c1.[Na+]. The molecular formula is C7H4N3NaO2. The third-order valence-electron chi connectivity index (χ3n) is 1.59. The molecule has 0 fully saturated rings. The normalized spacial score (nSPS) is 9.54. The Labute approximate surface area is 95.6 Å². The summed E-state index contributed by atoms with van der Waals surface area (Å²) in [7, 11) is 0. The fraction of sp³-hybridized carbons (Fsp3) is 0. The average Bonchev–Trinajstić information content (AvgIpc) is 2.49. The number of aromatic nitrogens is 2. The van der Waals surface area contributed by atoms with Crippen molar-refractivity contribution < 1.29 is 34.5 Å². The van der Waals surface area contributed by atoms with Gasteiger partial charge in [-0.05, 0) is 11.5 Å². The van der Waals surface area contributed by atoms with E-state index < -0.39 is 4.92 Å². The van der Waals surface area contributed by atoms with Crippen LogP contribution < -0.4 is 34.7 Å². The summed E-state index contributed by atoms with van der Waals surface area (Å²) in [5.41, 5.74) is 0.604. The molecule has 0 amide bonds. The number of nitro groups is 1. The van der Waals surface area contributed by atoms with Gasteiger partial charge < -0.3 is 10.2 Å². The summed E-state index contributed by atoms with van der Waals surface area (Å²) in [5, 5.41) is 18.5. The maximum Gasteiger partial charge on any atom is 1.00 e. The Hall–Kier alpha value is -0.910. The van der Waals surface area contributed by atoms with Crippen LogP contribution in [0.5, 0.6) is 0 Å². The minimum absolute atomic E-state index is 0. The van der Waals surface area contributed by atoms with E-state index in [9.17, 15) is 10.1 Å². The topological polar surface area (TPSA) is 70.1 Å². The van der Waals surface area contributed by atoms with Crippen molar-refractivity contribution in [2.45, 2.75) is 0 Å². The molecule has 5 nitrogen and oxygen atoms in total. The van der Waals surface area contributed by atoms with Crippen molar-refractivity contribution in [3.63, 3.8) is 0 Å². The molecule has 13 heavy (non-hydrogen) atoms. The van der Waals surface area contributed by atoms with Gasteiger partial charge in [-0.3, -0.25) is 10.1 Å². The summed E-state index contributed by atoms with van der Waals surface area (Å²) >= 11 is 0. The van der Waals surface area contributed by atoms with E-state index in [1.54, 1.807) is 12.3 Å². The van der Waals surface area contributed by atoms with Gasteiger partial charge in [0.05, 0.1) is 4.92 Å². The van der Waals surface area contributed by atoms with E-state index in [1.807, 2.05) is 0 Å². The molecule has 0 aliphatic rings. The molecule has 2 rings (SSSR count). The summed E-state index contributed by atoms with van der Waals surface area (Å²) in [6.07, 6.45) is 1.57. The maximum absolute atomic E-state index is 10.3. The molecular weight excluding hydrogens is 181 g/mol. The van der Waals surface area contributed by atoms with Crippen molar-refractivity contribution in [2.75, 3.05) is 0 Å². The number of nitro benzene ring substituents is 1. The van der Waals surface area contributed by atoms with Gasteiger partial charge in [0.15, 0.2) is 0 Å². The van der Waals surface area contributed by atoms with Gasteiger partial charge in [-0.2, -0.15) is 0 Å². The smallest absolute Gasteiger partial charge is 0.575 e. The maximum atomic E-state index is 10.3. The van der Waals surface area contributed by atoms with Gasteiger partial charge in [0.2, 0.25) is 0 Å². The van der Waals surface area contributed by atoms with Crippen LogP contribution in [0.3, 0.4) is 0 Å². The fourth-order valence-electron chi connectivity index (χ4n) is 0.995. The Morgan fingerprint density at radius 1 is 1.46 bits per heavy atom. The van der Waals surface area contributed by atoms with Crippen molar-refractivity contribution in [3.8, 4) is 0 Å². The van der Waals surface area contributed by atoms with Crippen LogP contribution in [-0.2, 0) is 0 Å². The molecule has 60 valence electrons. The number of fused-ring (bicyclic) bond motifs is 1. The number of benzene rings is 1. The number of rotatable bonds is 1. The quantitative estimate of drug-likeness (QED) is 0.296.